The lowest BCUT2D eigenvalue weighted by molar-refractivity contribution is -0.115. The first kappa shape index (κ1) is 9.74. The quantitative estimate of drug-likeness (QED) is 0.480. The zero-order valence-electron chi connectivity index (χ0n) is 7.30. The number of hydrogen-bond acceptors (Lipinski definition) is 3. The van der Waals surface area contributed by atoms with Gasteiger partial charge >= 0.3 is 0 Å². The summed E-state index contributed by atoms with van der Waals surface area (Å²) in [6.07, 6.45) is 1.94. The Kier molecular flexibility index (Phi) is 2.58. The molecule has 12 heavy (non-hydrogen) atoms. The van der Waals surface area contributed by atoms with E-state index in [0.717, 1.165) is 0 Å². The summed E-state index contributed by atoms with van der Waals surface area (Å²) in [6, 6.07) is 0. The van der Waals surface area contributed by atoms with Gasteiger partial charge in [0.05, 0.1) is 4.91 Å². The topological polar surface area (TPSA) is 29.1 Å². The van der Waals surface area contributed by atoms with Gasteiger partial charge in [0.15, 0.2) is 0 Å². The van der Waals surface area contributed by atoms with Crippen LogP contribution in [0.15, 0.2) is 11.0 Å². The third-order valence-electron chi connectivity index (χ3n) is 1.21. The summed E-state index contributed by atoms with van der Waals surface area (Å²) < 4.78 is 0.551. The highest BCUT2D eigenvalue weighted by Gasteiger charge is 2.23. The molecule has 1 heterocycles. The van der Waals surface area contributed by atoms with Gasteiger partial charge in [0.1, 0.15) is 4.32 Å². The molecule has 0 aromatic heterocycles. The lowest BCUT2D eigenvalue weighted by atomic mass is 9.96. The second kappa shape index (κ2) is 3.18. The smallest absolute Gasteiger partial charge is 0.263 e. The fourth-order valence-electron chi connectivity index (χ4n) is 0.814. The molecule has 0 aromatic carbocycles. The van der Waals surface area contributed by atoms with E-state index >= 15 is 0 Å². The van der Waals surface area contributed by atoms with Crippen molar-refractivity contribution in [3.63, 3.8) is 0 Å². The summed E-state index contributed by atoms with van der Waals surface area (Å²) in [6.45, 7) is 6.15. The van der Waals surface area contributed by atoms with E-state index in [0.29, 0.717) is 9.23 Å². The summed E-state index contributed by atoms with van der Waals surface area (Å²) in [7, 11) is 0. The number of thiocarbonyl (C=S) groups is 1. The SMILES string of the molecule is CC(C)(C)/C=C1\SC(=S)NC1=O. The van der Waals surface area contributed by atoms with Crippen molar-refractivity contribution >= 4 is 34.2 Å². The van der Waals surface area contributed by atoms with E-state index in [2.05, 4.69) is 26.1 Å². The van der Waals surface area contributed by atoms with Crippen molar-refractivity contribution in [1.82, 2.24) is 5.32 Å². The number of thioether (sulfide) groups is 1. The van der Waals surface area contributed by atoms with E-state index in [1.807, 2.05) is 6.08 Å². The largest absolute Gasteiger partial charge is 0.307 e. The third-order valence-corrected chi connectivity index (χ3v) is 2.37. The molecule has 1 aliphatic heterocycles. The number of nitrogens with one attached hydrogen (secondary N) is 1. The van der Waals surface area contributed by atoms with Crippen LogP contribution in [0.4, 0.5) is 0 Å². The fourth-order valence-corrected chi connectivity index (χ4v) is 2.08. The molecule has 0 atom stereocenters. The molecule has 1 amide bonds. The van der Waals surface area contributed by atoms with Gasteiger partial charge in [-0.2, -0.15) is 0 Å². The maximum absolute atomic E-state index is 11.2. The number of hydrogen-bond donors (Lipinski definition) is 1. The molecule has 66 valence electrons. The maximum Gasteiger partial charge on any atom is 0.263 e. The van der Waals surface area contributed by atoms with Crippen molar-refractivity contribution in [3.8, 4) is 0 Å². The second-order valence-electron chi connectivity index (χ2n) is 3.72. The molecule has 0 aliphatic carbocycles. The van der Waals surface area contributed by atoms with Gasteiger partial charge in [-0.15, -0.1) is 0 Å². The van der Waals surface area contributed by atoms with Crippen LogP contribution >= 0.6 is 24.0 Å². The minimum Gasteiger partial charge on any atom is -0.307 e. The first-order chi connectivity index (χ1) is 5.38. The van der Waals surface area contributed by atoms with Crippen molar-refractivity contribution in [2.24, 2.45) is 5.41 Å². The first-order valence-corrected chi connectivity index (χ1v) is 4.87. The Balaban J connectivity index is 2.84. The van der Waals surface area contributed by atoms with Crippen LogP contribution < -0.4 is 5.32 Å². The highest BCUT2D eigenvalue weighted by Crippen LogP contribution is 2.28. The molecule has 0 aromatic rings. The molecule has 2 nitrogen and oxygen atoms in total. The average Bonchev–Trinajstić information content (AvgIpc) is 2.06. The van der Waals surface area contributed by atoms with Crippen LogP contribution in [0, 0.1) is 5.41 Å². The van der Waals surface area contributed by atoms with E-state index in [1.165, 1.54) is 11.8 Å². The number of allylic oxidation sites excluding steroid dienone is 1. The highest BCUT2D eigenvalue weighted by atomic mass is 32.2. The normalized spacial score (nSPS) is 21.8. The van der Waals surface area contributed by atoms with Crippen molar-refractivity contribution in [2.75, 3.05) is 0 Å². The Morgan fingerprint density at radius 2 is 2.08 bits per heavy atom. The molecule has 4 heteroatoms. The van der Waals surface area contributed by atoms with Gasteiger partial charge < -0.3 is 5.32 Å². The van der Waals surface area contributed by atoms with Gasteiger partial charge in [-0.05, 0) is 5.41 Å². The van der Waals surface area contributed by atoms with Crippen LogP contribution in [0.1, 0.15) is 20.8 Å². The molecule has 1 saturated heterocycles. The molecule has 0 unspecified atom stereocenters. The van der Waals surface area contributed by atoms with Crippen molar-refractivity contribution < 1.29 is 4.79 Å². The van der Waals surface area contributed by atoms with Crippen LogP contribution in [0.5, 0.6) is 0 Å². The van der Waals surface area contributed by atoms with Gasteiger partial charge in [0, 0.05) is 0 Å². The highest BCUT2D eigenvalue weighted by molar-refractivity contribution is 8.26. The Labute approximate surface area is 81.8 Å². The molecule has 0 radical (unpaired) electrons. The van der Waals surface area contributed by atoms with E-state index in [-0.39, 0.29) is 11.3 Å². The van der Waals surface area contributed by atoms with Crippen molar-refractivity contribution in [1.29, 1.82) is 0 Å². The summed E-state index contributed by atoms with van der Waals surface area (Å²) in [5.74, 6) is -0.0695. The van der Waals surface area contributed by atoms with Crippen LogP contribution in [-0.4, -0.2) is 10.2 Å². The Morgan fingerprint density at radius 3 is 2.42 bits per heavy atom. The first-order valence-electron chi connectivity index (χ1n) is 3.64. The summed E-state index contributed by atoms with van der Waals surface area (Å²) >= 11 is 6.18. The van der Waals surface area contributed by atoms with Crippen LogP contribution in [0.25, 0.3) is 0 Å². The van der Waals surface area contributed by atoms with Gasteiger partial charge in [-0.25, -0.2) is 0 Å². The van der Waals surface area contributed by atoms with Crippen LogP contribution in [-0.2, 0) is 4.79 Å². The van der Waals surface area contributed by atoms with Crippen molar-refractivity contribution in [2.45, 2.75) is 20.8 Å². The van der Waals surface area contributed by atoms with E-state index < -0.39 is 0 Å². The number of carbonyl (C=O) groups excluding carboxylic acids is 1. The zero-order chi connectivity index (χ0) is 9.35. The van der Waals surface area contributed by atoms with Gasteiger partial charge in [0.25, 0.3) is 5.91 Å². The standard InChI is InChI=1S/C8H11NOS2/c1-8(2,3)4-5-6(10)9-7(11)12-5/h4H,1-3H3,(H,9,10,11)/b5-4-. The van der Waals surface area contributed by atoms with Crippen LogP contribution in [0.3, 0.4) is 0 Å². The van der Waals surface area contributed by atoms with E-state index in [9.17, 15) is 4.79 Å². The zero-order valence-corrected chi connectivity index (χ0v) is 8.94. The molecule has 0 bridgehead atoms. The van der Waals surface area contributed by atoms with Gasteiger partial charge in [-0.1, -0.05) is 50.8 Å². The monoisotopic (exact) mass is 201 g/mol. The predicted octanol–water partition coefficient (Wildman–Crippen LogP) is 2.06. The Hall–Kier alpha value is -0.350. The molecule has 1 N–H and O–H groups in total. The predicted molar refractivity (Wildman–Crippen MR) is 55.9 cm³/mol. The summed E-state index contributed by atoms with van der Waals surface area (Å²) in [5, 5.41) is 2.58. The molecule has 0 spiro atoms. The van der Waals surface area contributed by atoms with Crippen LogP contribution in [0.2, 0.25) is 0 Å². The van der Waals surface area contributed by atoms with Gasteiger partial charge in [-0.3, -0.25) is 4.79 Å². The fraction of sp³-hybridized carbons (Fsp3) is 0.500. The Bertz CT molecular complexity index is 263. The number of amides is 1. The third kappa shape index (κ3) is 2.60. The molecule has 1 rings (SSSR count). The molecule has 1 aliphatic rings. The van der Waals surface area contributed by atoms with E-state index in [4.69, 9.17) is 12.2 Å². The molecular weight excluding hydrogens is 190 g/mol. The van der Waals surface area contributed by atoms with Crippen molar-refractivity contribution in [3.05, 3.63) is 11.0 Å². The molecular formula is C8H11NOS2. The number of carbonyl (C=O) groups is 1. The lowest BCUT2D eigenvalue weighted by Crippen LogP contribution is -2.18. The average molecular weight is 201 g/mol. The second-order valence-corrected chi connectivity index (χ2v) is 5.44. The maximum atomic E-state index is 11.2. The minimum atomic E-state index is -0.0695. The van der Waals surface area contributed by atoms with E-state index in [1.54, 1.807) is 0 Å². The minimum absolute atomic E-state index is 0.0274. The summed E-state index contributed by atoms with van der Waals surface area (Å²) in [5.41, 5.74) is 0.0274. The summed E-state index contributed by atoms with van der Waals surface area (Å²) in [4.78, 5) is 11.9. The lowest BCUT2D eigenvalue weighted by Gasteiger charge is -2.11. The van der Waals surface area contributed by atoms with Gasteiger partial charge in [0.2, 0.25) is 0 Å². The number of rotatable bonds is 0. The molecule has 0 saturated carbocycles. The molecule has 1 fully saturated rings. The Morgan fingerprint density at radius 1 is 1.50 bits per heavy atom.